The maximum Gasteiger partial charge on any atom is 0.255 e. The van der Waals surface area contributed by atoms with Crippen molar-refractivity contribution in [2.24, 2.45) is 0 Å². The normalized spacial score (nSPS) is 10.1. The Labute approximate surface area is 141 Å². The largest absolute Gasteiger partial charge is 0.351 e. The highest BCUT2D eigenvalue weighted by atomic mass is 35.5. The molecule has 1 amide bonds. The van der Waals surface area contributed by atoms with Crippen LogP contribution in [0.4, 0.5) is 0 Å². The summed E-state index contributed by atoms with van der Waals surface area (Å²) in [5.41, 5.74) is 1.91. The van der Waals surface area contributed by atoms with Crippen molar-refractivity contribution >= 4 is 29.9 Å². The molecule has 0 saturated carbocycles. The van der Waals surface area contributed by atoms with Gasteiger partial charge in [-0.15, -0.1) is 12.4 Å². The Morgan fingerprint density at radius 3 is 2.77 bits per heavy atom. The summed E-state index contributed by atoms with van der Waals surface area (Å²) in [5, 5.41) is 13.5. The number of benzene rings is 1. The molecule has 0 aliphatic rings. The average molecular weight is 343 g/mol. The van der Waals surface area contributed by atoms with Crippen LogP contribution in [0.5, 0.6) is 0 Å². The van der Waals surface area contributed by atoms with Crippen molar-refractivity contribution in [2.75, 3.05) is 19.6 Å². The Morgan fingerprint density at radius 2 is 2.05 bits per heavy atom. The molecule has 0 spiro atoms. The summed E-state index contributed by atoms with van der Waals surface area (Å²) < 4.78 is 0. The average Bonchev–Trinajstić information content (AvgIpc) is 2.96. The zero-order valence-electron chi connectivity index (χ0n) is 12.4. The monoisotopic (exact) mass is 342 g/mol. The molecule has 2 aromatic rings. The maximum atomic E-state index is 12.2. The third-order valence-electron chi connectivity index (χ3n) is 3.04. The minimum atomic E-state index is -0.156. The molecule has 1 heterocycles. The molecule has 0 atom stereocenters. The first-order chi connectivity index (χ1) is 10.2. The molecule has 0 aliphatic heterocycles. The van der Waals surface area contributed by atoms with E-state index in [9.17, 15) is 4.79 Å². The van der Waals surface area contributed by atoms with Gasteiger partial charge < -0.3 is 10.6 Å². The lowest BCUT2D eigenvalue weighted by atomic mass is 10.1. The van der Waals surface area contributed by atoms with E-state index in [4.69, 9.17) is 11.6 Å². The molecule has 2 rings (SSSR count). The highest BCUT2D eigenvalue weighted by Crippen LogP contribution is 2.28. The molecule has 0 radical (unpaired) electrons. The molecule has 1 aromatic heterocycles. The van der Waals surface area contributed by atoms with E-state index in [-0.39, 0.29) is 18.3 Å². The molecule has 5 nitrogen and oxygen atoms in total. The molecule has 0 bridgehead atoms. The van der Waals surface area contributed by atoms with Crippen molar-refractivity contribution in [1.29, 1.82) is 0 Å². The van der Waals surface area contributed by atoms with Gasteiger partial charge in [0.1, 0.15) is 0 Å². The summed E-state index contributed by atoms with van der Waals surface area (Å²) in [4.78, 5) is 12.2. The second-order valence-electron chi connectivity index (χ2n) is 4.64. The van der Waals surface area contributed by atoms with Gasteiger partial charge in [0.05, 0.1) is 17.5 Å². The second kappa shape index (κ2) is 9.46. The molecular formula is C15H20Cl2N4O. The zero-order valence-corrected chi connectivity index (χ0v) is 13.9. The van der Waals surface area contributed by atoms with Gasteiger partial charge in [-0.2, -0.15) is 5.10 Å². The number of hydrogen-bond donors (Lipinski definition) is 3. The first-order valence-corrected chi connectivity index (χ1v) is 7.39. The summed E-state index contributed by atoms with van der Waals surface area (Å²) in [7, 11) is 0. The molecule has 0 unspecified atom stereocenters. The summed E-state index contributed by atoms with van der Waals surface area (Å²) >= 11 is 6.16. The van der Waals surface area contributed by atoms with E-state index in [0.717, 1.165) is 25.1 Å². The number of H-pyrrole nitrogens is 1. The third kappa shape index (κ3) is 4.73. The number of halogens is 2. The van der Waals surface area contributed by atoms with Crippen LogP contribution in [0.1, 0.15) is 23.7 Å². The van der Waals surface area contributed by atoms with Crippen LogP contribution in [0.25, 0.3) is 11.3 Å². The van der Waals surface area contributed by atoms with E-state index in [1.54, 1.807) is 6.07 Å². The van der Waals surface area contributed by atoms with Crippen molar-refractivity contribution in [1.82, 2.24) is 20.8 Å². The van der Waals surface area contributed by atoms with E-state index < -0.39 is 0 Å². The van der Waals surface area contributed by atoms with Gasteiger partial charge in [-0.05, 0) is 19.0 Å². The van der Waals surface area contributed by atoms with Crippen LogP contribution in [-0.4, -0.2) is 35.7 Å². The number of carbonyl (C=O) groups is 1. The van der Waals surface area contributed by atoms with Crippen LogP contribution >= 0.6 is 24.0 Å². The highest BCUT2D eigenvalue weighted by Gasteiger charge is 2.16. The Kier molecular flexibility index (Phi) is 7.95. The lowest BCUT2D eigenvalue weighted by Gasteiger charge is -2.07. The smallest absolute Gasteiger partial charge is 0.255 e. The standard InChI is InChI=1S/C15H19ClN4O.ClH/c1-2-7-17-8-9-18-15(21)12-10-19-20-14(12)11-5-3-4-6-13(11)16;/h3-6,10,17H,2,7-9H2,1H3,(H,18,21)(H,19,20);1H. The fraction of sp³-hybridized carbons (Fsp3) is 0.333. The summed E-state index contributed by atoms with van der Waals surface area (Å²) in [6, 6.07) is 7.36. The van der Waals surface area contributed by atoms with Gasteiger partial charge in [0, 0.05) is 23.7 Å². The molecule has 7 heteroatoms. The first kappa shape index (κ1) is 18.5. The van der Waals surface area contributed by atoms with E-state index in [2.05, 4.69) is 27.8 Å². The Balaban J connectivity index is 0.00000242. The fourth-order valence-electron chi connectivity index (χ4n) is 1.99. The number of nitrogens with zero attached hydrogens (tertiary/aromatic N) is 1. The number of amides is 1. The molecular weight excluding hydrogens is 323 g/mol. The van der Waals surface area contributed by atoms with Crippen molar-refractivity contribution in [3.63, 3.8) is 0 Å². The highest BCUT2D eigenvalue weighted by molar-refractivity contribution is 6.33. The molecule has 120 valence electrons. The minimum absolute atomic E-state index is 0. The van der Waals surface area contributed by atoms with Crippen LogP contribution < -0.4 is 10.6 Å². The number of rotatable bonds is 7. The lowest BCUT2D eigenvalue weighted by Crippen LogP contribution is -2.32. The van der Waals surface area contributed by atoms with Gasteiger partial charge in [-0.1, -0.05) is 36.7 Å². The quantitative estimate of drug-likeness (QED) is 0.677. The van der Waals surface area contributed by atoms with E-state index in [0.29, 0.717) is 22.8 Å². The summed E-state index contributed by atoms with van der Waals surface area (Å²) in [6.45, 7) is 4.38. The lowest BCUT2D eigenvalue weighted by molar-refractivity contribution is 0.0954. The van der Waals surface area contributed by atoms with Crippen molar-refractivity contribution in [3.05, 3.63) is 41.0 Å². The number of aromatic amines is 1. The maximum absolute atomic E-state index is 12.2. The van der Waals surface area contributed by atoms with Crippen molar-refractivity contribution in [2.45, 2.75) is 13.3 Å². The van der Waals surface area contributed by atoms with Gasteiger partial charge in [-0.3, -0.25) is 9.89 Å². The van der Waals surface area contributed by atoms with Crippen LogP contribution in [0.2, 0.25) is 5.02 Å². The zero-order chi connectivity index (χ0) is 15.1. The second-order valence-corrected chi connectivity index (χ2v) is 5.05. The Bertz CT molecular complexity index is 601. The van der Waals surface area contributed by atoms with Gasteiger partial charge in [0.2, 0.25) is 0 Å². The van der Waals surface area contributed by atoms with Crippen molar-refractivity contribution < 1.29 is 4.79 Å². The topological polar surface area (TPSA) is 69.8 Å². The van der Waals surface area contributed by atoms with E-state index >= 15 is 0 Å². The Hall–Kier alpha value is -1.56. The summed E-state index contributed by atoms with van der Waals surface area (Å²) in [5.74, 6) is -0.156. The number of nitrogens with one attached hydrogen (secondary N) is 3. The molecule has 0 aliphatic carbocycles. The number of aromatic nitrogens is 2. The third-order valence-corrected chi connectivity index (χ3v) is 3.37. The van der Waals surface area contributed by atoms with Gasteiger partial charge in [0.25, 0.3) is 5.91 Å². The van der Waals surface area contributed by atoms with E-state index in [1.807, 2.05) is 18.2 Å². The van der Waals surface area contributed by atoms with Crippen LogP contribution in [0.3, 0.4) is 0 Å². The fourth-order valence-corrected chi connectivity index (χ4v) is 2.22. The number of carbonyl (C=O) groups excluding carboxylic acids is 1. The summed E-state index contributed by atoms with van der Waals surface area (Å²) in [6.07, 6.45) is 2.60. The SMILES string of the molecule is CCCNCCNC(=O)c1cn[nH]c1-c1ccccc1Cl.Cl. The molecule has 0 saturated heterocycles. The predicted molar refractivity (Wildman–Crippen MR) is 91.8 cm³/mol. The van der Waals surface area contributed by atoms with Crippen molar-refractivity contribution in [3.8, 4) is 11.3 Å². The minimum Gasteiger partial charge on any atom is -0.351 e. The van der Waals surface area contributed by atoms with Gasteiger partial charge in [-0.25, -0.2) is 0 Å². The van der Waals surface area contributed by atoms with Crippen LogP contribution in [-0.2, 0) is 0 Å². The Morgan fingerprint density at radius 1 is 1.27 bits per heavy atom. The first-order valence-electron chi connectivity index (χ1n) is 7.01. The molecule has 3 N–H and O–H groups in total. The van der Waals surface area contributed by atoms with Crippen LogP contribution in [0.15, 0.2) is 30.5 Å². The predicted octanol–water partition coefficient (Wildman–Crippen LogP) is 2.88. The molecule has 0 fully saturated rings. The number of hydrogen-bond acceptors (Lipinski definition) is 3. The molecule has 22 heavy (non-hydrogen) atoms. The van der Waals surface area contributed by atoms with Gasteiger partial charge >= 0.3 is 0 Å². The molecule has 1 aromatic carbocycles. The van der Waals surface area contributed by atoms with Gasteiger partial charge in [0.15, 0.2) is 0 Å². The van der Waals surface area contributed by atoms with Crippen LogP contribution in [0, 0.1) is 0 Å². The van der Waals surface area contributed by atoms with E-state index in [1.165, 1.54) is 6.20 Å².